The van der Waals surface area contributed by atoms with Crippen LogP contribution in [0.1, 0.15) is 29.2 Å². The lowest BCUT2D eigenvalue weighted by Gasteiger charge is -2.07. The highest BCUT2D eigenvalue weighted by molar-refractivity contribution is 6.05. The van der Waals surface area contributed by atoms with Crippen molar-refractivity contribution in [2.45, 2.75) is 31.6 Å². The minimum absolute atomic E-state index is 0.134. The van der Waals surface area contributed by atoms with Crippen LogP contribution in [0.2, 0.25) is 0 Å². The third kappa shape index (κ3) is 4.20. The lowest BCUT2D eigenvalue weighted by molar-refractivity contribution is -0.142. The summed E-state index contributed by atoms with van der Waals surface area (Å²) in [5.74, 6) is -0.109. The molecule has 4 rings (SSSR count). The highest BCUT2D eigenvalue weighted by Crippen LogP contribution is 2.37. The maximum absolute atomic E-state index is 12.6. The van der Waals surface area contributed by atoms with Crippen LogP contribution in [0.5, 0.6) is 5.88 Å². The largest absolute Gasteiger partial charge is 0.479 e. The molecule has 0 spiro atoms. The van der Waals surface area contributed by atoms with E-state index in [1.54, 1.807) is 24.5 Å². The number of nitrogens with one attached hydrogen (secondary N) is 1. The average molecular weight is 407 g/mol. The molecule has 1 aliphatic rings. The van der Waals surface area contributed by atoms with Crippen molar-refractivity contribution < 1.29 is 22.7 Å². The van der Waals surface area contributed by atoms with Gasteiger partial charge in [-0.2, -0.15) is 13.2 Å². The molecule has 0 unspecified atom stereocenters. The lowest BCUT2D eigenvalue weighted by Crippen LogP contribution is -2.18. The van der Waals surface area contributed by atoms with Crippen molar-refractivity contribution in [1.82, 2.24) is 29.5 Å². The Hall–Kier alpha value is -3.44. The van der Waals surface area contributed by atoms with Crippen molar-refractivity contribution in [1.29, 1.82) is 0 Å². The van der Waals surface area contributed by atoms with Gasteiger partial charge in [0.15, 0.2) is 5.82 Å². The molecule has 3 heterocycles. The van der Waals surface area contributed by atoms with E-state index in [2.05, 4.69) is 25.6 Å². The van der Waals surface area contributed by atoms with Gasteiger partial charge in [0.25, 0.3) is 5.91 Å². The molecule has 0 saturated heterocycles. The number of carbonyl (C=O) groups is 1. The zero-order valence-corrected chi connectivity index (χ0v) is 15.2. The number of pyridine rings is 1. The number of methoxy groups -OCH3 is 1. The molecule has 1 N–H and O–H groups in total. The van der Waals surface area contributed by atoms with Crippen molar-refractivity contribution in [3.8, 4) is 17.4 Å². The first kappa shape index (κ1) is 18.9. The second kappa shape index (κ2) is 7.18. The van der Waals surface area contributed by atoms with E-state index in [0.717, 1.165) is 19.0 Å². The summed E-state index contributed by atoms with van der Waals surface area (Å²) in [5, 5.41) is 14.2. The molecule has 3 aromatic heterocycles. The Morgan fingerprint density at radius 1 is 1.34 bits per heavy atom. The van der Waals surface area contributed by atoms with E-state index in [9.17, 15) is 18.0 Å². The number of rotatable bonds is 6. The number of ether oxygens (including phenoxy) is 1. The van der Waals surface area contributed by atoms with Gasteiger partial charge >= 0.3 is 6.18 Å². The van der Waals surface area contributed by atoms with Crippen LogP contribution in [-0.4, -0.2) is 48.7 Å². The molecule has 0 aliphatic heterocycles. The molecule has 3 aromatic rings. The fraction of sp³-hybridized carbons (Fsp3) is 0.353. The number of alkyl halides is 3. The highest BCUT2D eigenvalue weighted by atomic mass is 19.4. The van der Waals surface area contributed by atoms with Gasteiger partial charge in [-0.25, -0.2) is 4.98 Å². The average Bonchev–Trinajstić information content (AvgIpc) is 3.24. The van der Waals surface area contributed by atoms with Gasteiger partial charge in [0, 0.05) is 12.2 Å². The molecule has 1 aliphatic carbocycles. The maximum Gasteiger partial charge on any atom is 0.408 e. The summed E-state index contributed by atoms with van der Waals surface area (Å²) < 4.78 is 45.2. The van der Waals surface area contributed by atoms with Crippen molar-refractivity contribution in [2.24, 2.45) is 0 Å². The Morgan fingerprint density at radius 3 is 2.83 bits per heavy atom. The summed E-state index contributed by atoms with van der Waals surface area (Å²) in [6.07, 6.45) is 0.236. The van der Waals surface area contributed by atoms with Crippen molar-refractivity contribution in [3.05, 3.63) is 36.3 Å². The molecular weight excluding hydrogens is 391 g/mol. The topological polar surface area (TPSA) is 99.8 Å². The summed E-state index contributed by atoms with van der Waals surface area (Å²) in [5.41, 5.74) is 0.386. The minimum Gasteiger partial charge on any atom is -0.479 e. The van der Waals surface area contributed by atoms with Crippen LogP contribution in [0.25, 0.3) is 11.5 Å². The Morgan fingerprint density at radius 2 is 2.14 bits per heavy atom. The molecule has 1 saturated carbocycles. The molecule has 0 radical (unpaired) electrons. The Kier molecular flexibility index (Phi) is 4.68. The normalized spacial score (nSPS) is 14.1. The van der Waals surface area contributed by atoms with Crippen LogP contribution in [0.15, 0.2) is 30.7 Å². The van der Waals surface area contributed by atoms with Crippen molar-refractivity contribution >= 4 is 11.7 Å². The smallest absolute Gasteiger partial charge is 0.408 e. The molecule has 0 bridgehead atoms. The Labute approximate surface area is 162 Å². The quantitative estimate of drug-likeness (QED) is 0.675. The molecule has 29 heavy (non-hydrogen) atoms. The van der Waals surface area contributed by atoms with Crippen LogP contribution in [0.4, 0.5) is 19.0 Å². The van der Waals surface area contributed by atoms with Crippen LogP contribution in [0, 0.1) is 0 Å². The molecule has 1 fully saturated rings. The van der Waals surface area contributed by atoms with Gasteiger partial charge in [0.05, 0.1) is 7.11 Å². The van der Waals surface area contributed by atoms with Crippen LogP contribution >= 0.6 is 0 Å². The number of carbonyl (C=O) groups excluding carboxylic acids is 1. The van der Waals surface area contributed by atoms with Gasteiger partial charge < -0.3 is 14.6 Å². The number of hydrogen-bond acceptors (Lipinski definition) is 6. The van der Waals surface area contributed by atoms with Gasteiger partial charge in [-0.05, 0) is 25.0 Å². The summed E-state index contributed by atoms with van der Waals surface area (Å²) in [4.78, 5) is 16.9. The van der Waals surface area contributed by atoms with Gasteiger partial charge in [-0.15, -0.1) is 15.3 Å². The number of aromatic nitrogens is 6. The van der Waals surface area contributed by atoms with E-state index in [1.165, 1.54) is 7.11 Å². The van der Waals surface area contributed by atoms with E-state index in [4.69, 9.17) is 4.74 Å². The number of hydrogen-bond donors (Lipinski definition) is 1. The van der Waals surface area contributed by atoms with E-state index < -0.39 is 18.6 Å². The fourth-order valence-corrected chi connectivity index (χ4v) is 2.83. The first-order valence-corrected chi connectivity index (χ1v) is 8.70. The number of anilines is 1. The molecule has 9 nitrogen and oxygen atoms in total. The molecule has 1 amide bonds. The molecule has 152 valence electrons. The zero-order valence-electron chi connectivity index (χ0n) is 15.2. The van der Waals surface area contributed by atoms with Gasteiger partial charge in [0.1, 0.15) is 29.9 Å². The van der Waals surface area contributed by atoms with E-state index in [0.29, 0.717) is 22.2 Å². The predicted molar refractivity (Wildman–Crippen MR) is 94.3 cm³/mol. The van der Waals surface area contributed by atoms with Crippen molar-refractivity contribution in [2.75, 3.05) is 12.4 Å². The summed E-state index contributed by atoms with van der Waals surface area (Å²) in [7, 11) is 1.22. The lowest BCUT2D eigenvalue weighted by atomic mass is 10.3. The zero-order chi connectivity index (χ0) is 20.6. The second-order valence-electron chi connectivity index (χ2n) is 6.52. The molecular formula is C17H16F3N7O2. The molecule has 0 aromatic carbocycles. The highest BCUT2D eigenvalue weighted by Gasteiger charge is 2.30. The molecule has 0 atom stereocenters. The predicted octanol–water partition coefficient (Wildman–Crippen LogP) is 2.69. The number of halogens is 3. The van der Waals surface area contributed by atoms with Crippen LogP contribution < -0.4 is 10.1 Å². The van der Waals surface area contributed by atoms with E-state index >= 15 is 0 Å². The van der Waals surface area contributed by atoms with E-state index in [-0.39, 0.29) is 17.3 Å². The summed E-state index contributed by atoms with van der Waals surface area (Å²) in [6, 6.07) is 5.34. The third-order valence-corrected chi connectivity index (χ3v) is 4.24. The number of amides is 1. The fourth-order valence-electron chi connectivity index (χ4n) is 2.83. The second-order valence-corrected chi connectivity index (χ2v) is 6.52. The SMILES string of the molecule is COc1nn(CC(F)(F)F)cc1C(=O)Nc1cccc(-c2nncn2C2CC2)n1. The van der Waals surface area contributed by atoms with Crippen LogP contribution in [-0.2, 0) is 6.54 Å². The number of nitrogens with zero attached hydrogens (tertiary/aromatic N) is 6. The van der Waals surface area contributed by atoms with Crippen molar-refractivity contribution in [3.63, 3.8) is 0 Å². The van der Waals surface area contributed by atoms with Gasteiger partial charge in [0.2, 0.25) is 5.88 Å². The maximum atomic E-state index is 12.6. The van der Waals surface area contributed by atoms with Gasteiger partial charge in [-0.3, -0.25) is 9.48 Å². The van der Waals surface area contributed by atoms with Crippen LogP contribution in [0.3, 0.4) is 0 Å². The minimum atomic E-state index is -4.47. The third-order valence-electron chi connectivity index (χ3n) is 4.24. The monoisotopic (exact) mass is 407 g/mol. The summed E-state index contributed by atoms with van der Waals surface area (Å²) >= 11 is 0. The first-order chi connectivity index (χ1) is 13.8. The standard InChI is InChI=1S/C17H16F3N7O2/c1-29-16-11(7-26(25-16)8-17(18,19)20)15(28)23-13-4-2-3-12(22-13)14-24-21-9-27(14)10-5-6-10/h2-4,7,9-10H,5-6,8H2,1H3,(H,22,23,28). The molecule has 12 heteroatoms. The first-order valence-electron chi connectivity index (χ1n) is 8.70. The van der Waals surface area contributed by atoms with E-state index in [1.807, 2.05) is 4.57 Å². The Balaban J connectivity index is 1.55. The van der Waals surface area contributed by atoms with Gasteiger partial charge in [-0.1, -0.05) is 6.07 Å². The Bertz CT molecular complexity index is 1040. The summed E-state index contributed by atoms with van der Waals surface area (Å²) in [6.45, 7) is -1.33.